The smallest absolute Gasteiger partial charge is 0.226 e. The van der Waals surface area contributed by atoms with Gasteiger partial charge in [0, 0.05) is 19.7 Å². The number of likely N-dealkylation sites (tertiary alicyclic amines) is 1. The summed E-state index contributed by atoms with van der Waals surface area (Å²) in [5.74, 6) is 0.701. The minimum Gasteiger partial charge on any atom is -0.396 e. The Labute approximate surface area is 128 Å². The number of aliphatic hydroxyl groups excluding tert-OH is 1. The number of nitrogens with zero attached hydrogens (tertiary/aromatic N) is 1. The minimum absolute atomic E-state index is 0.219. The van der Waals surface area contributed by atoms with E-state index in [1.54, 1.807) is 0 Å². The number of carbonyl (C=O) groups is 1. The van der Waals surface area contributed by atoms with Gasteiger partial charge in [0.15, 0.2) is 0 Å². The van der Waals surface area contributed by atoms with Gasteiger partial charge >= 0.3 is 0 Å². The molecule has 1 aromatic rings. The van der Waals surface area contributed by atoms with E-state index in [1.165, 1.54) is 18.4 Å². The summed E-state index contributed by atoms with van der Waals surface area (Å²) in [5, 5.41) is 8.97. The molecule has 3 nitrogen and oxygen atoms in total. The molecule has 1 unspecified atom stereocenters. The number of aryl methyl sites for hydroxylation is 1. The third kappa shape index (κ3) is 4.85. The molecule has 1 saturated heterocycles. The first-order valence-corrected chi connectivity index (χ1v) is 8.19. The van der Waals surface area contributed by atoms with Crippen LogP contribution < -0.4 is 0 Å². The van der Waals surface area contributed by atoms with Crippen LogP contribution in [0.4, 0.5) is 0 Å². The van der Waals surface area contributed by atoms with Gasteiger partial charge < -0.3 is 10.0 Å². The molecule has 1 aromatic carbocycles. The molecular weight excluding hydrogens is 262 g/mol. The lowest BCUT2D eigenvalue weighted by Crippen LogP contribution is -2.30. The molecule has 0 aromatic heterocycles. The standard InChI is InChI=1S/C18H27NO2/c1-2-3-4-15-5-7-16(8-6-15)13-18(21)19-11-9-17(14-19)10-12-20/h5-8,17,20H,2-4,9-14H2,1H3. The van der Waals surface area contributed by atoms with Crippen LogP contribution in [0.1, 0.15) is 43.7 Å². The molecule has 0 spiro atoms. The largest absolute Gasteiger partial charge is 0.396 e. The third-order valence-corrected chi connectivity index (χ3v) is 4.37. The van der Waals surface area contributed by atoms with E-state index in [1.807, 2.05) is 4.90 Å². The molecule has 21 heavy (non-hydrogen) atoms. The van der Waals surface area contributed by atoms with Crippen molar-refractivity contribution in [1.82, 2.24) is 4.90 Å². The zero-order valence-corrected chi connectivity index (χ0v) is 13.1. The summed E-state index contributed by atoms with van der Waals surface area (Å²) in [6, 6.07) is 8.47. The quantitative estimate of drug-likeness (QED) is 0.838. The number of hydrogen-bond acceptors (Lipinski definition) is 2. The van der Waals surface area contributed by atoms with E-state index in [0.717, 1.165) is 37.9 Å². The van der Waals surface area contributed by atoms with Crippen LogP contribution in [0.5, 0.6) is 0 Å². The predicted molar refractivity (Wildman–Crippen MR) is 85.1 cm³/mol. The van der Waals surface area contributed by atoms with Crippen molar-refractivity contribution in [3.63, 3.8) is 0 Å². The molecule has 116 valence electrons. The SMILES string of the molecule is CCCCc1ccc(CC(=O)N2CCC(CCO)C2)cc1. The van der Waals surface area contributed by atoms with E-state index in [4.69, 9.17) is 5.11 Å². The van der Waals surface area contributed by atoms with E-state index in [9.17, 15) is 4.79 Å². The lowest BCUT2D eigenvalue weighted by atomic mass is 10.0. The Morgan fingerprint density at radius 2 is 2.00 bits per heavy atom. The zero-order chi connectivity index (χ0) is 15.1. The van der Waals surface area contributed by atoms with Crippen molar-refractivity contribution in [2.24, 2.45) is 5.92 Å². The molecule has 1 N–H and O–H groups in total. The minimum atomic E-state index is 0.219. The number of carbonyl (C=O) groups excluding carboxylic acids is 1. The number of hydrogen-bond donors (Lipinski definition) is 1. The molecule has 0 radical (unpaired) electrons. The van der Waals surface area contributed by atoms with Gasteiger partial charge in [0.1, 0.15) is 0 Å². The molecule has 1 atom stereocenters. The van der Waals surface area contributed by atoms with E-state index in [0.29, 0.717) is 12.3 Å². The van der Waals surface area contributed by atoms with Gasteiger partial charge in [0.25, 0.3) is 0 Å². The molecule has 0 aliphatic carbocycles. The van der Waals surface area contributed by atoms with Crippen molar-refractivity contribution in [1.29, 1.82) is 0 Å². The van der Waals surface area contributed by atoms with Crippen molar-refractivity contribution in [3.8, 4) is 0 Å². The lowest BCUT2D eigenvalue weighted by Gasteiger charge is -2.16. The maximum absolute atomic E-state index is 12.3. The monoisotopic (exact) mass is 289 g/mol. The maximum atomic E-state index is 12.3. The number of amides is 1. The number of benzene rings is 1. The van der Waals surface area contributed by atoms with Crippen molar-refractivity contribution in [2.45, 2.75) is 45.4 Å². The number of rotatable bonds is 7. The van der Waals surface area contributed by atoms with Gasteiger partial charge in [-0.05, 0) is 42.7 Å². The Kier molecular flexibility index (Phi) is 6.24. The van der Waals surface area contributed by atoms with Crippen molar-refractivity contribution in [2.75, 3.05) is 19.7 Å². The fraction of sp³-hybridized carbons (Fsp3) is 0.611. The van der Waals surface area contributed by atoms with E-state index >= 15 is 0 Å². The molecule has 3 heteroatoms. The molecule has 1 fully saturated rings. The van der Waals surface area contributed by atoms with E-state index in [2.05, 4.69) is 31.2 Å². The maximum Gasteiger partial charge on any atom is 0.226 e. The first-order valence-electron chi connectivity index (χ1n) is 8.19. The van der Waals surface area contributed by atoms with Gasteiger partial charge in [0.2, 0.25) is 5.91 Å². The molecular formula is C18H27NO2. The highest BCUT2D eigenvalue weighted by Gasteiger charge is 2.25. The Bertz CT molecular complexity index is 441. The van der Waals surface area contributed by atoms with Crippen LogP contribution in [0, 0.1) is 5.92 Å². The van der Waals surface area contributed by atoms with Gasteiger partial charge in [-0.1, -0.05) is 37.6 Å². The Hall–Kier alpha value is -1.35. The summed E-state index contributed by atoms with van der Waals surface area (Å²) in [6.45, 7) is 4.09. The highest BCUT2D eigenvalue weighted by molar-refractivity contribution is 5.79. The van der Waals surface area contributed by atoms with Crippen LogP contribution >= 0.6 is 0 Å². The average molecular weight is 289 g/mol. The lowest BCUT2D eigenvalue weighted by molar-refractivity contribution is -0.129. The number of unbranched alkanes of at least 4 members (excludes halogenated alkanes) is 1. The summed E-state index contributed by atoms with van der Waals surface area (Å²) in [5.41, 5.74) is 2.46. The molecule has 2 rings (SSSR count). The molecule has 1 amide bonds. The topological polar surface area (TPSA) is 40.5 Å². The Balaban J connectivity index is 1.82. The number of aliphatic hydroxyl groups is 1. The fourth-order valence-corrected chi connectivity index (χ4v) is 2.97. The zero-order valence-electron chi connectivity index (χ0n) is 13.1. The van der Waals surface area contributed by atoms with Gasteiger partial charge in [-0.3, -0.25) is 4.79 Å². The molecule has 0 saturated carbocycles. The van der Waals surface area contributed by atoms with Crippen molar-refractivity contribution < 1.29 is 9.90 Å². The highest BCUT2D eigenvalue weighted by Crippen LogP contribution is 2.20. The summed E-state index contributed by atoms with van der Waals surface area (Å²) >= 11 is 0. The second-order valence-electron chi connectivity index (χ2n) is 6.10. The van der Waals surface area contributed by atoms with Crippen LogP contribution in [-0.2, 0) is 17.6 Å². The summed E-state index contributed by atoms with van der Waals surface area (Å²) in [6.07, 6.45) is 5.90. The second kappa shape index (κ2) is 8.18. The van der Waals surface area contributed by atoms with Gasteiger partial charge in [-0.15, -0.1) is 0 Å². The third-order valence-electron chi connectivity index (χ3n) is 4.37. The summed E-state index contributed by atoms with van der Waals surface area (Å²) in [4.78, 5) is 14.2. The first kappa shape index (κ1) is 16.0. The normalized spacial score (nSPS) is 18.2. The van der Waals surface area contributed by atoms with Gasteiger partial charge in [-0.2, -0.15) is 0 Å². The van der Waals surface area contributed by atoms with Gasteiger partial charge in [0.05, 0.1) is 6.42 Å². The van der Waals surface area contributed by atoms with Gasteiger partial charge in [-0.25, -0.2) is 0 Å². The van der Waals surface area contributed by atoms with Crippen LogP contribution in [-0.4, -0.2) is 35.6 Å². The van der Waals surface area contributed by atoms with E-state index < -0.39 is 0 Å². The predicted octanol–water partition coefficient (Wildman–Crippen LogP) is 2.80. The van der Waals surface area contributed by atoms with Crippen LogP contribution in [0.2, 0.25) is 0 Å². The fourth-order valence-electron chi connectivity index (χ4n) is 2.97. The molecule has 1 aliphatic rings. The van der Waals surface area contributed by atoms with Crippen LogP contribution in [0.15, 0.2) is 24.3 Å². The molecule has 1 heterocycles. The molecule has 1 aliphatic heterocycles. The molecule has 0 bridgehead atoms. The summed E-state index contributed by atoms with van der Waals surface area (Å²) in [7, 11) is 0. The van der Waals surface area contributed by atoms with Crippen LogP contribution in [0.3, 0.4) is 0 Å². The average Bonchev–Trinajstić information content (AvgIpc) is 2.96. The Morgan fingerprint density at radius 3 is 2.67 bits per heavy atom. The van der Waals surface area contributed by atoms with Crippen molar-refractivity contribution in [3.05, 3.63) is 35.4 Å². The summed E-state index contributed by atoms with van der Waals surface area (Å²) < 4.78 is 0. The highest BCUT2D eigenvalue weighted by atomic mass is 16.3. The first-order chi connectivity index (χ1) is 10.2. The second-order valence-corrected chi connectivity index (χ2v) is 6.10. The Morgan fingerprint density at radius 1 is 1.29 bits per heavy atom. The van der Waals surface area contributed by atoms with Crippen molar-refractivity contribution >= 4 is 5.91 Å². The van der Waals surface area contributed by atoms with Crippen LogP contribution in [0.25, 0.3) is 0 Å². The van der Waals surface area contributed by atoms with E-state index in [-0.39, 0.29) is 12.5 Å².